The number of carbonyl (C=O) groups excluding carboxylic acids is 1. The van der Waals surface area contributed by atoms with E-state index in [9.17, 15) is 26.8 Å². The Labute approximate surface area is 174 Å². The molecular weight excluding hydrogens is 444 g/mol. The number of fused-ring (bicyclic) bond motifs is 1. The van der Waals surface area contributed by atoms with Crippen molar-refractivity contribution in [3.8, 4) is 0 Å². The van der Waals surface area contributed by atoms with Crippen LogP contribution in [0.3, 0.4) is 0 Å². The minimum atomic E-state index is -4.63. The maximum Gasteiger partial charge on any atom is 0.336 e. The van der Waals surface area contributed by atoms with Gasteiger partial charge in [-0.3, -0.25) is 4.79 Å². The van der Waals surface area contributed by atoms with E-state index in [4.69, 9.17) is 20.8 Å². The topological polar surface area (TPSA) is 103 Å². The molecule has 0 aliphatic heterocycles. The molecule has 7 nitrogen and oxygen atoms in total. The minimum absolute atomic E-state index is 0.242. The van der Waals surface area contributed by atoms with E-state index in [1.165, 1.54) is 0 Å². The van der Waals surface area contributed by atoms with Crippen molar-refractivity contribution in [1.82, 2.24) is 4.72 Å². The number of aryl methyl sites for hydroxylation is 1. The van der Waals surface area contributed by atoms with E-state index in [2.05, 4.69) is 0 Å². The van der Waals surface area contributed by atoms with Crippen LogP contribution in [-0.4, -0.2) is 20.9 Å². The van der Waals surface area contributed by atoms with Crippen molar-refractivity contribution in [3.63, 3.8) is 0 Å². The number of sulfonamides is 1. The van der Waals surface area contributed by atoms with E-state index in [1.54, 1.807) is 23.8 Å². The molecule has 1 aromatic heterocycles. The predicted octanol–water partition coefficient (Wildman–Crippen LogP) is 3.05. The second-order valence-electron chi connectivity index (χ2n) is 6.22. The number of benzene rings is 2. The third-order valence-electron chi connectivity index (χ3n) is 4.09. The Morgan fingerprint density at radius 3 is 2.53 bits per heavy atom. The first-order valence-corrected chi connectivity index (χ1v) is 10.3. The number of rotatable bonds is 6. The Kier molecular flexibility index (Phi) is 6.20. The molecule has 0 atom stereocenters. The summed E-state index contributed by atoms with van der Waals surface area (Å²) in [5.41, 5.74) is 0.535. The van der Waals surface area contributed by atoms with Crippen molar-refractivity contribution in [1.29, 1.82) is 0 Å². The monoisotopic (exact) mass is 457 g/mol. The summed E-state index contributed by atoms with van der Waals surface area (Å²) < 4.78 is 63.3. The molecule has 3 rings (SSSR count). The third-order valence-corrected chi connectivity index (χ3v) is 5.95. The molecule has 0 spiro atoms. The number of nitrogens with one attached hydrogen (secondary N) is 1. The van der Waals surface area contributed by atoms with Crippen LogP contribution in [0.4, 0.5) is 8.78 Å². The third kappa shape index (κ3) is 4.66. The number of esters is 1. The molecule has 1 N–H and O–H groups in total. The quantitative estimate of drug-likeness (QED) is 0.451. The van der Waals surface area contributed by atoms with Crippen molar-refractivity contribution in [2.45, 2.75) is 18.4 Å². The molecule has 0 aliphatic carbocycles. The summed E-state index contributed by atoms with van der Waals surface area (Å²) >= 11 is 6.08. The fourth-order valence-electron chi connectivity index (χ4n) is 2.64. The van der Waals surface area contributed by atoms with Gasteiger partial charge in [-0.25, -0.2) is 22.0 Å². The number of ether oxygens (including phenoxy) is 1. The largest absolute Gasteiger partial charge is 0.460 e. The molecule has 0 radical (unpaired) electrons. The highest BCUT2D eigenvalue weighted by atomic mass is 35.5. The number of carbonyl (C=O) groups is 1. The summed E-state index contributed by atoms with van der Waals surface area (Å²) in [5, 5.41) is 0.843. The molecule has 0 aliphatic rings. The fraction of sp³-hybridized carbons (Fsp3) is 0.158. The van der Waals surface area contributed by atoms with Gasteiger partial charge >= 0.3 is 11.6 Å². The Hall–Kier alpha value is -2.82. The second-order valence-corrected chi connectivity index (χ2v) is 8.34. The van der Waals surface area contributed by atoms with Crippen molar-refractivity contribution < 1.29 is 31.1 Å². The van der Waals surface area contributed by atoms with Crippen molar-refractivity contribution >= 4 is 38.6 Å². The molecule has 0 unspecified atom stereocenters. The first kappa shape index (κ1) is 21.9. The van der Waals surface area contributed by atoms with Crippen molar-refractivity contribution in [3.05, 3.63) is 74.6 Å². The summed E-state index contributed by atoms with van der Waals surface area (Å²) in [5.74, 6) is -3.63. The standard InChI is InChI=1S/C19H14ClF2NO6S/c1-10-5-16-12(7-13(10)20)11(6-17(24)29-16)9-28-18(25)8-23-30(26,27)19-14(21)3-2-4-15(19)22/h2-7,23H,8-9H2,1H3. The molecule has 158 valence electrons. The number of hydrogen-bond acceptors (Lipinski definition) is 6. The molecule has 0 saturated carbocycles. The van der Waals surface area contributed by atoms with Crippen LogP contribution in [0.1, 0.15) is 11.1 Å². The Balaban J connectivity index is 1.72. The summed E-state index contributed by atoms with van der Waals surface area (Å²) in [6.45, 7) is 0.463. The SMILES string of the molecule is Cc1cc2oc(=O)cc(COC(=O)CNS(=O)(=O)c3c(F)cccc3F)c2cc1Cl. The zero-order chi connectivity index (χ0) is 22.1. The molecule has 11 heteroatoms. The van der Waals surface area contributed by atoms with Gasteiger partial charge in [0, 0.05) is 22.0 Å². The van der Waals surface area contributed by atoms with Crippen molar-refractivity contribution in [2.75, 3.05) is 6.54 Å². The van der Waals surface area contributed by atoms with E-state index in [0.29, 0.717) is 21.5 Å². The summed E-state index contributed by atoms with van der Waals surface area (Å²) in [4.78, 5) is 22.5. The normalized spacial score (nSPS) is 11.6. The number of halogens is 3. The molecule has 30 heavy (non-hydrogen) atoms. The molecular formula is C19H14ClF2NO6S. The minimum Gasteiger partial charge on any atom is -0.460 e. The van der Waals surface area contributed by atoms with Crippen LogP contribution >= 0.6 is 11.6 Å². The molecule has 2 aromatic carbocycles. The first-order valence-electron chi connectivity index (χ1n) is 8.40. The molecule has 3 aromatic rings. The van der Waals surface area contributed by atoms with Crippen LogP contribution < -0.4 is 10.3 Å². The summed E-state index contributed by atoms with van der Waals surface area (Å²) in [7, 11) is -4.63. The van der Waals surface area contributed by atoms with Crippen molar-refractivity contribution in [2.24, 2.45) is 0 Å². The Bertz CT molecular complexity index is 1290. The highest BCUT2D eigenvalue weighted by molar-refractivity contribution is 7.89. The van der Waals surface area contributed by atoms with Gasteiger partial charge in [0.2, 0.25) is 10.0 Å². The van der Waals surface area contributed by atoms with Gasteiger partial charge in [0.1, 0.15) is 30.4 Å². The highest BCUT2D eigenvalue weighted by Gasteiger charge is 2.24. The lowest BCUT2D eigenvalue weighted by Crippen LogP contribution is -2.31. The van der Waals surface area contributed by atoms with E-state index >= 15 is 0 Å². The van der Waals surface area contributed by atoms with E-state index < -0.39 is 44.7 Å². The van der Waals surface area contributed by atoms with Crippen LogP contribution in [-0.2, 0) is 26.2 Å². The average Bonchev–Trinajstić information content (AvgIpc) is 2.65. The Morgan fingerprint density at radius 1 is 1.20 bits per heavy atom. The van der Waals surface area contributed by atoms with Gasteiger partial charge in [0.15, 0.2) is 4.90 Å². The van der Waals surface area contributed by atoms with Gasteiger partial charge in [-0.05, 0) is 36.8 Å². The predicted molar refractivity (Wildman–Crippen MR) is 104 cm³/mol. The van der Waals surface area contributed by atoms with Gasteiger partial charge < -0.3 is 9.15 Å². The summed E-state index contributed by atoms with van der Waals surface area (Å²) in [6, 6.07) is 6.76. The maximum atomic E-state index is 13.7. The van der Waals surface area contributed by atoms with E-state index in [1.807, 2.05) is 0 Å². The van der Waals surface area contributed by atoms with Gasteiger partial charge in [0.05, 0.1) is 0 Å². The second kappa shape index (κ2) is 8.50. The van der Waals surface area contributed by atoms with Gasteiger partial charge in [-0.2, -0.15) is 4.72 Å². The molecule has 0 fully saturated rings. The lowest BCUT2D eigenvalue weighted by molar-refractivity contribution is -0.143. The number of hydrogen-bond donors (Lipinski definition) is 1. The highest BCUT2D eigenvalue weighted by Crippen LogP contribution is 2.25. The lowest BCUT2D eigenvalue weighted by Gasteiger charge is -2.10. The van der Waals surface area contributed by atoms with E-state index in [-0.39, 0.29) is 12.2 Å². The van der Waals surface area contributed by atoms with Gasteiger partial charge in [-0.15, -0.1) is 0 Å². The maximum absolute atomic E-state index is 13.7. The van der Waals surface area contributed by atoms with Crippen LogP contribution in [0.15, 0.2) is 50.5 Å². The van der Waals surface area contributed by atoms with Gasteiger partial charge in [-0.1, -0.05) is 17.7 Å². The Morgan fingerprint density at radius 2 is 1.87 bits per heavy atom. The van der Waals surface area contributed by atoms with Crippen LogP contribution in [0, 0.1) is 18.6 Å². The molecule has 0 amide bonds. The van der Waals surface area contributed by atoms with E-state index in [0.717, 1.165) is 24.3 Å². The summed E-state index contributed by atoms with van der Waals surface area (Å²) in [6.07, 6.45) is 0. The zero-order valence-corrected chi connectivity index (χ0v) is 16.9. The fourth-order valence-corrected chi connectivity index (χ4v) is 3.91. The van der Waals surface area contributed by atoms with Crippen LogP contribution in [0.5, 0.6) is 0 Å². The van der Waals surface area contributed by atoms with Crippen LogP contribution in [0.2, 0.25) is 5.02 Å². The lowest BCUT2D eigenvalue weighted by atomic mass is 10.1. The van der Waals surface area contributed by atoms with Gasteiger partial charge in [0.25, 0.3) is 0 Å². The molecule has 1 heterocycles. The smallest absolute Gasteiger partial charge is 0.336 e. The molecule has 0 saturated heterocycles. The average molecular weight is 458 g/mol. The zero-order valence-electron chi connectivity index (χ0n) is 15.4. The molecule has 0 bridgehead atoms. The first-order chi connectivity index (χ1) is 14.1. The van der Waals surface area contributed by atoms with Crippen LogP contribution in [0.25, 0.3) is 11.0 Å².